The average molecular weight is 495 g/mol. The van der Waals surface area contributed by atoms with Crippen molar-refractivity contribution in [3.63, 3.8) is 0 Å². The predicted octanol–water partition coefficient (Wildman–Crippen LogP) is -3.77. The van der Waals surface area contributed by atoms with E-state index in [9.17, 15) is 28.8 Å². The van der Waals surface area contributed by atoms with E-state index in [1.165, 1.54) is 0 Å². The number of carboxylic acid groups (broad SMARTS) is 1. The molecule has 14 nitrogen and oxygen atoms in total. The van der Waals surface area contributed by atoms with Crippen LogP contribution in [0, 0.1) is 0 Å². The van der Waals surface area contributed by atoms with E-state index in [1.807, 2.05) is 5.32 Å². The third kappa shape index (κ3) is 10.6. The Morgan fingerprint density at radius 2 is 1.34 bits per heavy atom. The number of nitrogens with one attached hydrogen (secondary N) is 3. The van der Waals surface area contributed by atoms with Crippen LogP contribution >= 0.6 is 0 Å². The second-order valence-electron chi connectivity index (χ2n) is 7.68. The van der Waals surface area contributed by atoms with Gasteiger partial charge in [-0.3, -0.25) is 24.0 Å². The normalized spacial score (nSPS) is 14.0. The summed E-state index contributed by atoms with van der Waals surface area (Å²) in [7, 11) is 0. The molecular weight excluding hydrogens is 464 g/mol. The van der Waals surface area contributed by atoms with E-state index >= 15 is 0 Å². The lowest BCUT2D eigenvalue weighted by Crippen LogP contribution is -2.58. The van der Waals surface area contributed by atoms with Crippen molar-refractivity contribution >= 4 is 35.5 Å². The molecule has 0 aliphatic rings. The summed E-state index contributed by atoms with van der Waals surface area (Å²) in [5.41, 5.74) is 16.9. The summed E-state index contributed by atoms with van der Waals surface area (Å²) in [6, 6.07) is 3.06. The molecule has 4 unspecified atom stereocenters. The van der Waals surface area contributed by atoms with Gasteiger partial charge in [0.2, 0.25) is 29.5 Å². The molecule has 0 saturated heterocycles. The fraction of sp³-hybridized carbons (Fsp3) is 0.429. The Labute approximate surface area is 200 Å². The summed E-state index contributed by atoms with van der Waals surface area (Å²) in [6.07, 6.45) is -1.17. The van der Waals surface area contributed by atoms with Crippen LogP contribution in [-0.4, -0.2) is 76.5 Å². The number of carbonyl (C=O) groups is 6. The SMILES string of the molecule is NC(=O)CCC(NC(=O)C(CC(N)=O)NC(=O)C(N)Cc1ccccc1)C(=O)NC(CO)C(=O)O. The van der Waals surface area contributed by atoms with Crippen molar-refractivity contribution in [3.05, 3.63) is 35.9 Å². The molecule has 0 aromatic heterocycles. The Morgan fingerprint density at radius 1 is 0.800 bits per heavy atom. The third-order valence-electron chi connectivity index (χ3n) is 4.78. The first-order valence-electron chi connectivity index (χ1n) is 10.6. The van der Waals surface area contributed by atoms with Crippen LogP contribution in [0.5, 0.6) is 0 Å². The topological polar surface area (TPSA) is 257 Å². The Hall–Kier alpha value is -4.04. The molecule has 1 aromatic carbocycles. The molecule has 1 rings (SSSR count). The molecule has 192 valence electrons. The number of primary amides is 2. The first-order chi connectivity index (χ1) is 16.4. The second kappa shape index (κ2) is 14.3. The van der Waals surface area contributed by atoms with Gasteiger partial charge < -0.3 is 43.4 Å². The van der Waals surface area contributed by atoms with Crippen LogP contribution in [0.15, 0.2) is 30.3 Å². The molecule has 0 saturated carbocycles. The highest BCUT2D eigenvalue weighted by atomic mass is 16.4. The van der Waals surface area contributed by atoms with Gasteiger partial charge in [0.05, 0.1) is 19.1 Å². The first kappa shape index (κ1) is 29.0. The van der Waals surface area contributed by atoms with Gasteiger partial charge >= 0.3 is 5.97 Å². The number of carboxylic acids is 1. The number of benzene rings is 1. The van der Waals surface area contributed by atoms with Crippen molar-refractivity contribution in [2.24, 2.45) is 17.2 Å². The maximum Gasteiger partial charge on any atom is 0.328 e. The molecule has 35 heavy (non-hydrogen) atoms. The van der Waals surface area contributed by atoms with Gasteiger partial charge in [0.15, 0.2) is 0 Å². The zero-order chi connectivity index (χ0) is 26.5. The van der Waals surface area contributed by atoms with Crippen molar-refractivity contribution in [2.75, 3.05) is 6.61 Å². The molecule has 0 bridgehead atoms. The van der Waals surface area contributed by atoms with Crippen LogP contribution in [0.2, 0.25) is 0 Å². The summed E-state index contributed by atoms with van der Waals surface area (Å²) in [5.74, 6) is -6.09. The van der Waals surface area contributed by atoms with Crippen LogP contribution in [0.3, 0.4) is 0 Å². The fourth-order valence-electron chi connectivity index (χ4n) is 2.94. The van der Waals surface area contributed by atoms with E-state index in [-0.39, 0.29) is 19.3 Å². The lowest BCUT2D eigenvalue weighted by Gasteiger charge is -2.24. The molecule has 4 atom stereocenters. The number of aliphatic carboxylic acids is 1. The summed E-state index contributed by atoms with van der Waals surface area (Å²) in [6.45, 7) is -0.933. The highest BCUT2D eigenvalue weighted by Gasteiger charge is 2.31. The van der Waals surface area contributed by atoms with Gasteiger partial charge in [-0.25, -0.2) is 4.79 Å². The first-order valence-corrected chi connectivity index (χ1v) is 10.6. The van der Waals surface area contributed by atoms with Gasteiger partial charge in [0.1, 0.15) is 18.1 Å². The number of amides is 5. The second-order valence-corrected chi connectivity index (χ2v) is 7.68. The average Bonchev–Trinajstić information content (AvgIpc) is 2.79. The van der Waals surface area contributed by atoms with Crippen LogP contribution in [0.1, 0.15) is 24.8 Å². The van der Waals surface area contributed by atoms with Gasteiger partial charge in [-0.1, -0.05) is 30.3 Å². The number of aliphatic hydroxyl groups excluding tert-OH is 1. The molecule has 5 amide bonds. The quantitative estimate of drug-likeness (QED) is 0.119. The Kier molecular flexibility index (Phi) is 11.8. The molecular formula is C21H30N6O8. The minimum atomic E-state index is -1.67. The zero-order valence-corrected chi connectivity index (χ0v) is 18.8. The summed E-state index contributed by atoms with van der Waals surface area (Å²) >= 11 is 0. The minimum Gasteiger partial charge on any atom is -0.480 e. The lowest BCUT2D eigenvalue weighted by molar-refractivity contribution is -0.143. The van der Waals surface area contributed by atoms with Crippen molar-refractivity contribution in [2.45, 2.75) is 49.9 Å². The molecule has 0 heterocycles. The number of rotatable bonds is 15. The lowest BCUT2D eigenvalue weighted by atomic mass is 10.0. The Balaban J connectivity index is 2.96. The highest BCUT2D eigenvalue weighted by Crippen LogP contribution is 2.05. The van der Waals surface area contributed by atoms with E-state index in [4.69, 9.17) is 27.4 Å². The van der Waals surface area contributed by atoms with E-state index in [0.29, 0.717) is 0 Å². The molecule has 1 aromatic rings. The summed E-state index contributed by atoms with van der Waals surface area (Å²) in [4.78, 5) is 71.5. The molecule has 14 heteroatoms. The van der Waals surface area contributed by atoms with E-state index < -0.39 is 72.7 Å². The number of aliphatic hydroxyl groups is 1. The standard InChI is InChI=1S/C21H30N6O8/c22-12(8-11-4-2-1-3-5-11)18(31)26-14(9-17(24)30)20(33)25-13(6-7-16(23)29)19(32)27-15(10-28)21(34)35/h1-5,12-15,28H,6-10,22H2,(H2,23,29)(H2,24,30)(H,25,33)(H,26,31)(H,27,32)(H,34,35). The van der Waals surface area contributed by atoms with Gasteiger partial charge in [-0.05, 0) is 18.4 Å². The number of hydrogen-bond acceptors (Lipinski definition) is 8. The summed E-state index contributed by atoms with van der Waals surface area (Å²) < 4.78 is 0. The van der Waals surface area contributed by atoms with Crippen LogP contribution in [0.4, 0.5) is 0 Å². The van der Waals surface area contributed by atoms with Crippen LogP contribution in [0.25, 0.3) is 0 Å². The number of carbonyl (C=O) groups excluding carboxylic acids is 5. The van der Waals surface area contributed by atoms with Gasteiger partial charge in [0, 0.05) is 6.42 Å². The van der Waals surface area contributed by atoms with Crippen LogP contribution < -0.4 is 33.2 Å². The molecule has 0 aliphatic carbocycles. The Morgan fingerprint density at radius 3 is 1.86 bits per heavy atom. The smallest absolute Gasteiger partial charge is 0.328 e. The molecule has 0 aliphatic heterocycles. The van der Waals surface area contributed by atoms with Gasteiger partial charge in [-0.2, -0.15) is 0 Å². The van der Waals surface area contributed by atoms with E-state index in [2.05, 4.69) is 10.6 Å². The fourth-order valence-corrected chi connectivity index (χ4v) is 2.94. The van der Waals surface area contributed by atoms with E-state index in [1.54, 1.807) is 30.3 Å². The molecule has 0 radical (unpaired) electrons. The largest absolute Gasteiger partial charge is 0.480 e. The predicted molar refractivity (Wildman–Crippen MR) is 121 cm³/mol. The minimum absolute atomic E-state index is 0.138. The molecule has 11 N–H and O–H groups in total. The maximum absolute atomic E-state index is 12.8. The van der Waals surface area contributed by atoms with Crippen molar-refractivity contribution in [3.8, 4) is 0 Å². The van der Waals surface area contributed by atoms with E-state index in [0.717, 1.165) is 5.56 Å². The van der Waals surface area contributed by atoms with Crippen molar-refractivity contribution in [1.82, 2.24) is 16.0 Å². The number of nitrogens with two attached hydrogens (primary N) is 3. The molecule has 0 fully saturated rings. The van der Waals surface area contributed by atoms with Crippen molar-refractivity contribution in [1.29, 1.82) is 0 Å². The van der Waals surface area contributed by atoms with Gasteiger partial charge in [0.25, 0.3) is 0 Å². The van der Waals surface area contributed by atoms with Gasteiger partial charge in [-0.15, -0.1) is 0 Å². The highest BCUT2D eigenvalue weighted by molar-refractivity contribution is 5.96. The number of hydrogen-bond donors (Lipinski definition) is 8. The maximum atomic E-state index is 12.8. The molecule has 0 spiro atoms. The summed E-state index contributed by atoms with van der Waals surface area (Å²) in [5, 5.41) is 24.7. The third-order valence-corrected chi connectivity index (χ3v) is 4.78. The van der Waals surface area contributed by atoms with Crippen LogP contribution in [-0.2, 0) is 35.2 Å². The monoisotopic (exact) mass is 494 g/mol. The van der Waals surface area contributed by atoms with Crippen molar-refractivity contribution < 1.29 is 39.0 Å². The zero-order valence-electron chi connectivity index (χ0n) is 18.8. The Bertz CT molecular complexity index is 926.